The van der Waals surface area contributed by atoms with Gasteiger partial charge in [0.1, 0.15) is 17.2 Å². The van der Waals surface area contributed by atoms with Gasteiger partial charge in [0.05, 0.1) is 5.69 Å². The lowest BCUT2D eigenvalue weighted by molar-refractivity contribution is 0.0697. The van der Waals surface area contributed by atoms with Crippen molar-refractivity contribution < 1.29 is 14.3 Å². The maximum Gasteiger partial charge on any atom is 0.339 e. The molecule has 0 bridgehead atoms. The summed E-state index contributed by atoms with van der Waals surface area (Å²) in [7, 11) is 1.45. The molecule has 0 aliphatic carbocycles. The summed E-state index contributed by atoms with van der Waals surface area (Å²) in [5.41, 5.74) is 0.849. The number of benzene rings is 1. The van der Waals surface area contributed by atoms with E-state index in [9.17, 15) is 19.1 Å². The fraction of sp³-hybridized carbons (Fsp3) is 0.250. The molecule has 22 heavy (non-hydrogen) atoms. The van der Waals surface area contributed by atoms with E-state index in [1.165, 1.54) is 36.7 Å². The first-order valence-electron chi connectivity index (χ1n) is 6.84. The van der Waals surface area contributed by atoms with Crippen molar-refractivity contribution in [3.8, 4) is 0 Å². The van der Waals surface area contributed by atoms with E-state index in [0.29, 0.717) is 12.0 Å². The van der Waals surface area contributed by atoms with Gasteiger partial charge >= 0.3 is 5.97 Å². The average molecular weight is 304 g/mol. The molecule has 0 radical (unpaired) electrons. The molecular weight excluding hydrogens is 287 g/mol. The van der Waals surface area contributed by atoms with Crippen LogP contribution in [-0.4, -0.2) is 15.6 Å². The van der Waals surface area contributed by atoms with Gasteiger partial charge in [-0.1, -0.05) is 13.0 Å². The highest BCUT2D eigenvalue weighted by Gasteiger charge is 2.17. The first-order valence-corrected chi connectivity index (χ1v) is 6.84. The molecule has 0 amide bonds. The van der Waals surface area contributed by atoms with Crippen molar-refractivity contribution in [2.75, 3.05) is 5.32 Å². The summed E-state index contributed by atoms with van der Waals surface area (Å²) in [5.74, 6) is -1.64. The first kappa shape index (κ1) is 15.8. The maximum atomic E-state index is 14.1. The van der Waals surface area contributed by atoms with Crippen LogP contribution < -0.4 is 10.9 Å². The highest BCUT2D eigenvalue weighted by atomic mass is 19.1. The van der Waals surface area contributed by atoms with Gasteiger partial charge < -0.3 is 10.4 Å². The maximum absolute atomic E-state index is 14.1. The molecule has 116 valence electrons. The summed E-state index contributed by atoms with van der Waals surface area (Å²) >= 11 is 0. The smallest absolute Gasteiger partial charge is 0.339 e. The van der Waals surface area contributed by atoms with Crippen LogP contribution in [0.4, 0.5) is 15.9 Å². The number of aryl methyl sites for hydroxylation is 2. The summed E-state index contributed by atoms with van der Waals surface area (Å²) < 4.78 is 15.2. The normalized spacial score (nSPS) is 10.5. The van der Waals surface area contributed by atoms with Crippen molar-refractivity contribution >= 4 is 17.5 Å². The van der Waals surface area contributed by atoms with Gasteiger partial charge in [0.15, 0.2) is 0 Å². The molecule has 0 atom stereocenters. The number of hydrogen-bond acceptors (Lipinski definition) is 3. The SMILES string of the molecule is CCc1ccc(Nc2c(C(=O)O)cc(C)c(=O)n2C)c(F)c1. The van der Waals surface area contributed by atoms with Crippen LogP contribution in [0, 0.1) is 12.7 Å². The second-order valence-corrected chi connectivity index (χ2v) is 5.05. The number of nitrogens with one attached hydrogen (secondary N) is 1. The van der Waals surface area contributed by atoms with Crippen LogP contribution in [0.25, 0.3) is 0 Å². The largest absolute Gasteiger partial charge is 0.478 e. The summed E-state index contributed by atoms with van der Waals surface area (Å²) in [4.78, 5) is 23.3. The minimum atomic E-state index is -1.19. The lowest BCUT2D eigenvalue weighted by atomic mass is 10.1. The zero-order valence-corrected chi connectivity index (χ0v) is 12.6. The molecule has 0 aliphatic rings. The minimum absolute atomic E-state index is 0.0475. The van der Waals surface area contributed by atoms with E-state index in [-0.39, 0.29) is 22.6 Å². The molecule has 0 spiro atoms. The van der Waals surface area contributed by atoms with Gasteiger partial charge in [-0.05, 0) is 37.1 Å². The van der Waals surface area contributed by atoms with Gasteiger partial charge in [0.2, 0.25) is 0 Å². The monoisotopic (exact) mass is 304 g/mol. The van der Waals surface area contributed by atoms with Crippen LogP contribution in [0.15, 0.2) is 29.1 Å². The first-order chi connectivity index (χ1) is 10.3. The standard InChI is InChI=1S/C16H17FN2O3/c1-4-10-5-6-13(12(17)8-10)18-14-11(16(21)22)7-9(2)15(20)19(14)3/h5-8,18H,4H2,1-3H3,(H,21,22). The zero-order valence-electron chi connectivity index (χ0n) is 12.6. The van der Waals surface area contributed by atoms with Gasteiger partial charge in [-0.25, -0.2) is 9.18 Å². The van der Waals surface area contributed by atoms with Crippen molar-refractivity contribution in [3.05, 3.63) is 57.1 Å². The molecular formula is C16H17FN2O3. The number of carbonyl (C=O) groups is 1. The quantitative estimate of drug-likeness (QED) is 0.911. The minimum Gasteiger partial charge on any atom is -0.478 e. The third-order valence-corrected chi connectivity index (χ3v) is 3.52. The van der Waals surface area contributed by atoms with Crippen LogP contribution in [0.1, 0.15) is 28.4 Å². The Morgan fingerprint density at radius 3 is 2.59 bits per heavy atom. The van der Waals surface area contributed by atoms with E-state index < -0.39 is 11.8 Å². The Morgan fingerprint density at radius 1 is 1.36 bits per heavy atom. The molecule has 0 fully saturated rings. The molecule has 2 rings (SSSR count). The van der Waals surface area contributed by atoms with Crippen molar-refractivity contribution in [1.29, 1.82) is 0 Å². The van der Waals surface area contributed by atoms with E-state index in [4.69, 9.17) is 0 Å². The highest BCUT2D eigenvalue weighted by molar-refractivity contribution is 5.94. The molecule has 0 unspecified atom stereocenters. The number of halogens is 1. The van der Waals surface area contributed by atoms with Gasteiger partial charge in [-0.3, -0.25) is 9.36 Å². The Labute approximate surface area is 127 Å². The Kier molecular flexibility index (Phi) is 4.30. The van der Waals surface area contributed by atoms with Gasteiger partial charge in [-0.2, -0.15) is 0 Å². The van der Waals surface area contributed by atoms with Gasteiger partial charge in [0.25, 0.3) is 5.56 Å². The summed E-state index contributed by atoms with van der Waals surface area (Å²) in [6, 6.07) is 5.95. The molecule has 1 aromatic carbocycles. The number of carboxylic acids is 1. The predicted molar refractivity (Wildman–Crippen MR) is 82.4 cm³/mol. The lowest BCUT2D eigenvalue weighted by Crippen LogP contribution is -2.24. The van der Waals surface area contributed by atoms with Gasteiger partial charge in [0, 0.05) is 12.6 Å². The third-order valence-electron chi connectivity index (χ3n) is 3.52. The van der Waals surface area contributed by atoms with Crippen LogP contribution >= 0.6 is 0 Å². The van der Waals surface area contributed by atoms with Crippen molar-refractivity contribution in [3.63, 3.8) is 0 Å². The molecule has 5 nitrogen and oxygen atoms in total. The average Bonchev–Trinajstić information content (AvgIpc) is 2.48. The van der Waals surface area contributed by atoms with Crippen LogP contribution in [0.3, 0.4) is 0 Å². The Hall–Kier alpha value is -2.63. The fourth-order valence-electron chi connectivity index (χ4n) is 2.22. The highest BCUT2D eigenvalue weighted by Crippen LogP contribution is 2.23. The van der Waals surface area contributed by atoms with E-state index in [0.717, 1.165) is 5.56 Å². The molecule has 0 saturated carbocycles. The summed E-state index contributed by atoms with van der Waals surface area (Å²) in [5, 5.41) is 12.0. The molecule has 2 aromatic rings. The molecule has 0 saturated heterocycles. The van der Waals surface area contributed by atoms with E-state index in [1.807, 2.05) is 6.92 Å². The number of pyridine rings is 1. The number of rotatable bonds is 4. The predicted octanol–water partition coefficient (Wildman–Crippen LogP) is 2.84. The van der Waals surface area contributed by atoms with E-state index in [2.05, 4.69) is 5.32 Å². The van der Waals surface area contributed by atoms with Crippen molar-refractivity contribution in [2.45, 2.75) is 20.3 Å². The topological polar surface area (TPSA) is 71.3 Å². The van der Waals surface area contributed by atoms with Crippen LogP contribution in [0.2, 0.25) is 0 Å². The molecule has 0 aliphatic heterocycles. The number of carboxylic acid groups (broad SMARTS) is 1. The number of aromatic nitrogens is 1. The molecule has 6 heteroatoms. The lowest BCUT2D eigenvalue weighted by Gasteiger charge is -2.15. The number of nitrogens with zero attached hydrogens (tertiary/aromatic N) is 1. The van der Waals surface area contributed by atoms with E-state index >= 15 is 0 Å². The second kappa shape index (κ2) is 6.01. The zero-order chi connectivity index (χ0) is 16.4. The fourth-order valence-corrected chi connectivity index (χ4v) is 2.22. The number of hydrogen-bond donors (Lipinski definition) is 2. The molecule has 2 N–H and O–H groups in total. The number of anilines is 2. The summed E-state index contributed by atoms with van der Waals surface area (Å²) in [6.45, 7) is 3.45. The van der Waals surface area contributed by atoms with Crippen molar-refractivity contribution in [2.24, 2.45) is 7.05 Å². The Balaban J connectivity index is 2.56. The number of aromatic carboxylic acids is 1. The van der Waals surface area contributed by atoms with Gasteiger partial charge in [-0.15, -0.1) is 0 Å². The van der Waals surface area contributed by atoms with Crippen molar-refractivity contribution in [1.82, 2.24) is 4.57 Å². The molecule has 1 aromatic heterocycles. The van der Waals surface area contributed by atoms with Crippen LogP contribution in [0.5, 0.6) is 0 Å². The Morgan fingerprint density at radius 2 is 2.05 bits per heavy atom. The van der Waals surface area contributed by atoms with E-state index in [1.54, 1.807) is 6.07 Å². The third kappa shape index (κ3) is 2.86. The molecule has 1 heterocycles. The Bertz CT molecular complexity index is 797. The van der Waals surface area contributed by atoms with Crippen LogP contribution in [-0.2, 0) is 13.5 Å². The summed E-state index contributed by atoms with van der Waals surface area (Å²) in [6.07, 6.45) is 0.695. The second-order valence-electron chi connectivity index (χ2n) is 5.05.